The Labute approximate surface area is 206 Å². The summed E-state index contributed by atoms with van der Waals surface area (Å²) in [7, 11) is 3.19. The lowest BCUT2D eigenvalue weighted by Gasteiger charge is -2.27. The van der Waals surface area contributed by atoms with Gasteiger partial charge in [0.05, 0.1) is 32.6 Å². The van der Waals surface area contributed by atoms with Crippen LogP contribution in [-0.4, -0.2) is 57.4 Å². The predicted octanol–water partition coefficient (Wildman–Crippen LogP) is 3.99. The highest BCUT2D eigenvalue weighted by Gasteiger charge is 2.28. The number of unbranched alkanes of at least 4 members (excludes halogenated alkanes) is 2. The molecule has 0 saturated heterocycles. The number of nitrogens with zero attached hydrogens (tertiary/aromatic N) is 2. The summed E-state index contributed by atoms with van der Waals surface area (Å²) in [5.74, 6) is 1.87. The van der Waals surface area contributed by atoms with Crippen molar-refractivity contribution in [3.05, 3.63) is 53.7 Å². The van der Waals surface area contributed by atoms with Gasteiger partial charge in [-0.05, 0) is 61.1 Å². The molecule has 1 aliphatic rings. The standard InChI is InChI=1S/C27H32N2O6/c1-20-13-26(34-3)27(35-12-6-4-5-11-30)15-25(20)29(19-32)17-23-14-22(16-28(23)18-31)21-7-9-24(33-2)10-8-21/h7-11,13,15-16,18-19,23H,4-6,12,14,17H2,1-3H3. The van der Waals surface area contributed by atoms with E-state index in [0.29, 0.717) is 43.2 Å². The number of rotatable bonds is 14. The van der Waals surface area contributed by atoms with E-state index in [1.54, 1.807) is 30.1 Å². The molecule has 8 nitrogen and oxygen atoms in total. The van der Waals surface area contributed by atoms with Crippen LogP contribution in [0.3, 0.4) is 0 Å². The van der Waals surface area contributed by atoms with Crippen molar-refractivity contribution in [1.29, 1.82) is 0 Å². The highest BCUT2D eigenvalue weighted by atomic mass is 16.5. The molecule has 0 aromatic heterocycles. The molecule has 2 aromatic rings. The molecule has 0 aliphatic carbocycles. The maximum Gasteiger partial charge on any atom is 0.214 e. The van der Waals surface area contributed by atoms with Crippen LogP contribution in [0, 0.1) is 6.92 Å². The average molecular weight is 481 g/mol. The third kappa shape index (κ3) is 6.41. The third-order valence-corrected chi connectivity index (χ3v) is 6.06. The number of benzene rings is 2. The van der Waals surface area contributed by atoms with Gasteiger partial charge in [-0.1, -0.05) is 12.1 Å². The van der Waals surface area contributed by atoms with Crippen LogP contribution in [0.2, 0.25) is 0 Å². The molecular formula is C27H32N2O6. The van der Waals surface area contributed by atoms with Crippen LogP contribution in [0.25, 0.3) is 5.57 Å². The zero-order valence-corrected chi connectivity index (χ0v) is 20.4. The molecule has 1 unspecified atom stereocenters. The van der Waals surface area contributed by atoms with Crippen molar-refractivity contribution in [3.8, 4) is 17.2 Å². The average Bonchev–Trinajstić information content (AvgIpc) is 3.30. The van der Waals surface area contributed by atoms with Crippen LogP contribution in [0.1, 0.15) is 36.8 Å². The van der Waals surface area contributed by atoms with Crippen molar-refractivity contribution in [2.75, 3.05) is 32.3 Å². The summed E-state index contributed by atoms with van der Waals surface area (Å²) in [5, 5.41) is 0. The number of carbonyl (C=O) groups is 3. The number of anilines is 1. The van der Waals surface area contributed by atoms with Gasteiger partial charge >= 0.3 is 0 Å². The number of hydrogen-bond donors (Lipinski definition) is 0. The van der Waals surface area contributed by atoms with Crippen LogP contribution < -0.4 is 19.1 Å². The van der Waals surface area contributed by atoms with Crippen molar-refractivity contribution >= 4 is 30.4 Å². The van der Waals surface area contributed by atoms with Gasteiger partial charge in [-0.2, -0.15) is 0 Å². The molecule has 1 atom stereocenters. The summed E-state index contributed by atoms with van der Waals surface area (Å²) in [4.78, 5) is 37.7. The molecule has 8 heteroatoms. The van der Waals surface area contributed by atoms with Crippen LogP contribution >= 0.6 is 0 Å². The Morgan fingerprint density at radius 1 is 1.03 bits per heavy atom. The van der Waals surface area contributed by atoms with E-state index < -0.39 is 0 Å². The molecule has 2 amide bonds. The minimum atomic E-state index is -0.205. The lowest BCUT2D eigenvalue weighted by atomic mass is 10.0. The first kappa shape index (κ1) is 25.8. The van der Waals surface area contributed by atoms with E-state index in [4.69, 9.17) is 14.2 Å². The van der Waals surface area contributed by atoms with Crippen molar-refractivity contribution < 1.29 is 28.6 Å². The van der Waals surface area contributed by atoms with Crippen molar-refractivity contribution in [1.82, 2.24) is 4.90 Å². The van der Waals surface area contributed by atoms with Crippen molar-refractivity contribution in [2.45, 2.75) is 38.6 Å². The van der Waals surface area contributed by atoms with Crippen LogP contribution in [0.5, 0.6) is 17.2 Å². The Bertz CT molecular complexity index is 1050. The zero-order chi connectivity index (χ0) is 25.2. The number of methoxy groups -OCH3 is 2. The lowest BCUT2D eigenvalue weighted by Crippen LogP contribution is -2.38. The fourth-order valence-corrected chi connectivity index (χ4v) is 4.14. The Morgan fingerprint density at radius 2 is 1.80 bits per heavy atom. The van der Waals surface area contributed by atoms with E-state index in [1.165, 1.54) is 0 Å². The molecule has 3 rings (SSSR count). The van der Waals surface area contributed by atoms with Crippen LogP contribution in [-0.2, 0) is 14.4 Å². The van der Waals surface area contributed by atoms with Gasteiger partial charge in [0.1, 0.15) is 12.0 Å². The van der Waals surface area contributed by atoms with Gasteiger partial charge in [0, 0.05) is 25.2 Å². The second-order valence-corrected chi connectivity index (χ2v) is 8.35. The molecule has 0 radical (unpaired) electrons. The number of hydrogen-bond acceptors (Lipinski definition) is 6. The number of aryl methyl sites for hydroxylation is 1. The highest BCUT2D eigenvalue weighted by molar-refractivity contribution is 5.80. The van der Waals surface area contributed by atoms with Crippen molar-refractivity contribution in [3.63, 3.8) is 0 Å². The molecule has 0 bridgehead atoms. The minimum absolute atomic E-state index is 0.205. The normalized spacial score (nSPS) is 14.8. The number of ether oxygens (including phenoxy) is 3. The fourth-order valence-electron chi connectivity index (χ4n) is 4.14. The first-order chi connectivity index (χ1) is 17.0. The fraction of sp³-hybridized carbons (Fsp3) is 0.370. The largest absolute Gasteiger partial charge is 0.497 e. The Kier molecular flexibility index (Phi) is 9.29. The van der Waals surface area contributed by atoms with E-state index in [-0.39, 0.29) is 6.04 Å². The molecule has 0 N–H and O–H groups in total. The lowest BCUT2D eigenvalue weighted by molar-refractivity contribution is -0.117. The smallest absolute Gasteiger partial charge is 0.214 e. The van der Waals surface area contributed by atoms with Crippen LogP contribution in [0.15, 0.2) is 42.6 Å². The second kappa shape index (κ2) is 12.6. The van der Waals surface area contributed by atoms with Gasteiger partial charge in [-0.15, -0.1) is 0 Å². The SMILES string of the molecule is COc1ccc(C2=CN(C=O)C(CN(C=O)c3cc(OCCCCC=O)c(OC)cc3C)C2)cc1. The molecule has 35 heavy (non-hydrogen) atoms. The summed E-state index contributed by atoms with van der Waals surface area (Å²) in [5.41, 5.74) is 3.55. The summed E-state index contributed by atoms with van der Waals surface area (Å²) >= 11 is 0. The molecule has 0 spiro atoms. The first-order valence-electron chi connectivity index (χ1n) is 11.6. The molecular weight excluding hydrogens is 448 g/mol. The van der Waals surface area contributed by atoms with Crippen molar-refractivity contribution in [2.24, 2.45) is 0 Å². The van der Waals surface area contributed by atoms with Gasteiger partial charge in [-0.25, -0.2) is 0 Å². The number of carbonyl (C=O) groups excluding carboxylic acids is 3. The molecule has 1 aliphatic heterocycles. The monoisotopic (exact) mass is 480 g/mol. The molecule has 0 fully saturated rings. The summed E-state index contributed by atoms with van der Waals surface area (Å²) in [6.07, 6.45) is 6.89. The minimum Gasteiger partial charge on any atom is -0.497 e. The van der Waals surface area contributed by atoms with E-state index in [0.717, 1.165) is 54.4 Å². The van der Waals surface area contributed by atoms with E-state index >= 15 is 0 Å². The topological polar surface area (TPSA) is 85.4 Å². The summed E-state index contributed by atoms with van der Waals surface area (Å²) in [6, 6.07) is 11.1. The second-order valence-electron chi connectivity index (χ2n) is 8.35. The van der Waals surface area contributed by atoms with Gasteiger partial charge in [0.2, 0.25) is 12.8 Å². The number of amides is 2. The first-order valence-corrected chi connectivity index (χ1v) is 11.6. The summed E-state index contributed by atoms with van der Waals surface area (Å²) in [6.45, 7) is 2.66. The van der Waals surface area contributed by atoms with Gasteiger partial charge < -0.3 is 28.8 Å². The predicted molar refractivity (Wildman–Crippen MR) is 134 cm³/mol. The highest BCUT2D eigenvalue weighted by Crippen LogP contribution is 2.36. The van der Waals surface area contributed by atoms with Gasteiger partial charge in [-0.3, -0.25) is 9.59 Å². The Morgan fingerprint density at radius 3 is 2.43 bits per heavy atom. The molecule has 0 saturated carbocycles. The quantitative estimate of drug-likeness (QED) is 0.300. The maximum absolute atomic E-state index is 12.1. The Balaban J connectivity index is 1.76. The van der Waals surface area contributed by atoms with Gasteiger partial charge in [0.15, 0.2) is 11.5 Å². The maximum atomic E-state index is 12.1. The molecule has 1 heterocycles. The van der Waals surface area contributed by atoms with E-state index in [1.807, 2.05) is 43.5 Å². The number of aldehydes is 1. The summed E-state index contributed by atoms with van der Waals surface area (Å²) < 4.78 is 16.6. The zero-order valence-electron chi connectivity index (χ0n) is 20.4. The van der Waals surface area contributed by atoms with Crippen LogP contribution in [0.4, 0.5) is 5.69 Å². The van der Waals surface area contributed by atoms with E-state index in [2.05, 4.69) is 0 Å². The molecule has 186 valence electrons. The Hall–Kier alpha value is -3.81. The van der Waals surface area contributed by atoms with E-state index in [9.17, 15) is 14.4 Å². The third-order valence-electron chi connectivity index (χ3n) is 6.06. The van der Waals surface area contributed by atoms with Gasteiger partial charge in [0.25, 0.3) is 0 Å². The molecule has 2 aromatic carbocycles.